The van der Waals surface area contributed by atoms with Gasteiger partial charge in [-0.2, -0.15) is 0 Å². The Hall–Kier alpha value is -3.08. The molecule has 2 N–H and O–H groups in total. The molecule has 0 amide bonds. The van der Waals surface area contributed by atoms with Gasteiger partial charge in [-0.25, -0.2) is 9.97 Å². The van der Waals surface area contributed by atoms with Crippen LogP contribution in [0.1, 0.15) is 0 Å². The first-order valence-electron chi connectivity index (χ1n) is 7.13. The fraction of sp³-hybridized carbons (Fsp3) is 0.111. The Morgan fingerprint density at radius 1 is 0.826 bits per heavy atom. The van der Waals surface area contributed by atoms with Gasteiger partial charge in [-0.1, -0.05) is 12.1 Å². The molecule has 1 heterocycles. The Kier molecular flexibility index (Phi) is 4.10. The molecular formula is C18H17N3O2. The third kappa shape index (κ3) is 3.08. The molecule has 5 nitrogen and oxygen atoms in total. The van der Waals surface area contributed by atoms with E-state index in [1.54, 1.807) is 14.2 Å². The molecular weight excluding hydrogens is 290 g/mol. The van der Waals surface area contributed by atoms with E-state index in [1.807, 2.05) is 54.6 Å². The highest BCUT2D eigenvalue weighted by Crippen LogP contribution is 2.31. The Morgan fingerprint density at radius 2 is 1.52 bits per heavy atom. The predicted octanol–water partition coefficient (Wildman–Crippen LogP) is 3.41. The van der Waals surface area contributed by atoms with Crippen LogP contribution in [0.15, 0.2) is 54.6 Å². The smallest absolute Gasteiger partial charge is 0.221 e. The number of anilines is 1. The van der Waals surface area contributed by atoms with Crippen LogP contribution in [0.2, 0.25) is 0 Å². The van der Waals surface area contributed by atoms with Crippen LogP contribution in [0.3, 0.4) is 0 Å². The molecule has 0 spiro atoms. The second-order valence-corrected chi connectivity index (χ2v) is 4.93. The summed E-state index contributed by atoms with van der Waals surface area (Å²) in [6.45, 7) is 0. The van der Waals surface area contributed by atoms with Crippen molar-refractivity contribution in [3.8, 4) is 34.0 Å². The van der Waals surface area contributed by atoms with Gasteiger partial charge >= 0.3 is 0 Å². The second-order valence-electron chi connectivity index (χ2n) is 4.93. The summed E-state index contributed by atoms with van der Waals surface area (Å²) in [7, 11) is 3.27. The molecule has 0 atom stereocenters. The summed E-state index contributed by atoms with van der Waals surface area (Å²) in [6.07, 6.45) is 0. The quantitative estimate of drug-likeness (QED) is 0.800. The predicted molar refractivity (Wildman–Crippen MR) is 90.4 cm³/mol. The molecule has 2 aromatic carbocycles. The fourth-order valence-corrected chi connectivity index (χ4v) is 2.37. The Labute approximate surface area is 134 Å². The first-order chi connectivity index (χ1) is 11.2. The zero-order valence-electron chi connectivity index (χ0n) is 13.0. The van der Waals surface area contributed by atoms with Gasteiger partial charge in [0.2, 0.25) is 5.95 Å². The van der Waals surface area contributed by atoms with Gasteiger partial charge in [0.15, 0.2) is 0 Å². The van der Waals surface area contributed by atoms with Crippen LogP contribution in [0.25, 0.3) is 22.5 Å². The number of para-hydroxylation sites is 1. The Balaban J connectivity index is 2.08. The second kappa shape index (κ2) is 6.36. The first kappa shape index (κ1) is 14.8. The SMILES string of the molecule is COc1ccc(-c2cc(-c3ccccc3OC)nc(N)n2)cc1. The van der Waals surface area contributed by atoms with Crippen molar-refractivity contribution in [2.75, 3.05) is 20.0 Å². The van der Waals surface area contributed by atoms with E-state index in [9.17, 15) is 0 Å². The lowest BCUT2D eigenvalue weighted by atomic mass is 10.1. The van der Waals surface area contributed by atoms with E-state index >= 15 is 0 Å². The number of rotatable bonds is 4. The number of benzene rings is 2. The van der Waals surface area contributed by atoms with Crippen LogP contribution >= 0.6 is 0 Å². The molecule has 0 saturated heterocycles. The monoisotopic (exact) mass is 307 g/mol. The van der Waals surface area contributed by atoms with Crippen LogP contribution in [0.4, 0.5) is 5.95 Å². The number of hydrogen-bond acceptors (Lipinski definition) is 5. The number of nitrogens with zero attached hydrogens (tertiary/aromatic N) is 2. The maximum Gasteiger partial charge on any atom is 0.221 e. The summed E-state index contributed by atoms with van der Waals surface area (Å²) >= 11 is 0. The van der Waals surface area contributed by atoms with Gasteiger partial charge in [0.1, 0.15) is 11.5 Å². The van der Waals surface area contributed by atoms with Crippen LogP contribution < -0.4 is 15.2 Å². The lowest BCUT2D eigenvalue weighted by Crippen LogP contribution is -1.99. The van der Waals surface area contributed by atoms with E-state index in [2.05, 4.69) is 9.97 Å². The number of aromatic nitrogens is 2. The van der Waals surface area contributed by atoms with Crippen molar-refractivity contribution in [3.05, 3.63) is 54.6 Å². The average Bonchev–Trinajstić information content (AvgIpc) is 2.61. The normalized spacial score (nSPS) is 10.3. The molecule has 0 aliphatic heterocycles. The van der Waals surface area contributed by atoms with Gasteiger partial charge < -0.3 is 15.2 Å². The highest BCUT2D eigenvalue weighted by atomic mass is 16.5. The van der Waals surface area contributed by atoms with E-state index in [0.717, 1.165) is 34.0 Å². The van der Waals surface area contributed by atoms with Gasteiger partial charge in [-0.05, 0) is 42.5 Å². The standard InChI is InChI=1S/C18H17N3O2/c1-22-13-9-7-12(8-10-13)15-11-16(21-18(19)20-15)14-5-3-4-6-17(14)23-2/h3-11H,1-2H3,(H2,19,20,21). The highest BCUT2D eigenvalue weighted by molar-refractivity contribution is 5.73. The largest absolute Gasteiger partial charge is 0.497 e. The lowest BCUT2D eigenvalue weighted by Gasteiger charge is -2.10. The van der Waals surface area contributed by atoms with E-state index in [0.29, 0.717) is 0 Å². The molecule has 0 radical (unpaired) electrons. The van der Waals surface area contributed by atoms with E-state index in [-0.39, 0.29) is 5.95 Å². The van der Waals surface area contributed by atoms with Gasteiger partial charge in [0, 0.05) is 11.1 Å². The summed E-state index contributed by atoms with van der Waals surface area (Å²) < 4.78 is 10.6. The van der Waals surface area contributed by atoms with Gasteiger partial charge in [-0.15, -0.1) is 0 Å². The molecule has 116 valence electrons. The summed E-state index contributed by atoms with van der Waals surface area (Å²) in [5, 5.41) is 0. The van der Waals surface area contributed by atoms with Gasteiger partial charge in [0.25, 0.3) is 0 Å². The number of nitrogens with two attached hydrogens (primary N) is 1. The molecule has 23 heavy (non-hydrogen) atoms. The molecule has 0 saturated carbocycles. The number of methoxy groups -OCH3 is 2. The van der Waals surface area contributed by atoms with Crippen molar-refractivity contribution in [1.82, 2.24) is 9.97 Å². The van der Waals surface area contributed by atoms with Gasteiger partial charge in [0.05, 0.1) is 25.6 Å². The molecule has 1 aromatic heterocycles. The molecule has 0 unspecified atom stereocenters. The zero-order chi connectivity index (χ0) is 16.2. The average molecular weight is 307 g/mol. The minimum Gasteiger partial charge on any atom is -0.497 e. The number of hydrogen-bond donors (Lipinski definition) is 1. The van der Waals surface area contributed by atoms with Crippen LogP contribution in [-0.4, -0.2) is 24.2 Å². The molecule has 0 aliphatic rings. The van der Waals surface area contributed by atoms with Gasteiger partial charge in [-0.3, -0.25) is 0 Å². The van der Waals surface area contributed by atoms with E-state index in [1.165, 1.54) is 0 Å². The van der Waals surface area contributed by atoms with Crippen molar-refractivity contribution in [2.24, 2.45) is 0 Å². The van der Waals surface area contributed by atoms with Crippen molar-refractivity contribution in [3.63, 3.8) is 0 Å². The fourth-order valence-electron chi connectivity index (χ4n) is 2.37. The molecule has 0 bridgehead atoms. The van der Waals surface area contributed by atoms with Crippen LogP contribution in [0, 0.1) is 0 Å². The van der Waals surface area contributed by atoms with E-state index < -0.39 is 0 Å². The third-order valence-electron chi connectivity index (χ3n) is 3.51. The van der Waals surface area contributed by atoms with E-state index in [4.69, 9.17) is 15.2 Å². The summed E-state index contributed by atoms with van der Waals surface area (Å²) in [5.41, 5.74) is 9.18. The number of ether oxygens (including phenoxy) is 2. The molecule has 3 aromatic rings. The van der Waals surface area contributed by atoms with Crippen molar-refractivity contribution in [2.45, 2.75) is 0 Å². The minimum atomic E-state index is 0.222. The third-order valence-corrected chi connectivity index (χ3v) is 3.51. The number of nitrogen functional groups attached to an aromatic ring is 1. The summed E-state index contributed by atoms with van der Waals surface area (Å²) in [4.78, 5) is 8.66. The maximum absolute atomic E-state index is 5.89. The molecule has 0 aliphatic carbocycles. The van der Waals surface area contributed by atoms with Crippen molar-refractivity contribution < 1.29 is 9.47 Å². The summed E-state index contributed by atoms with van der Waals surface area (Å²) in [6, 6.07) is 17.2. The lowest BCUT2D eigenvalue weighted by molar-refractivity contribution is 0.415. The topological polar surface area (TPSA) is 70.3 Å². The summed E-state index contributed by atoms with van der Waals surface area (Å²) in [5.74, 6) is 1.76. The van der Waals surface area contributed by atoms with Crippen LogP contribution in [0.5, 0.6) is 11.5 Å². The first-order valence-corrected chi connectivity index (χ1v) is 7.13. The Morgan fingerprint density at radius 3 is 2.22 bits per heavy atom. The maximum atomic E-state index is 5.89. The molecule has 3 rings (SSSR count). The highest BCUT2D eigenvalue weighted by Gasteiger charge is 2.10. The zero-order valence-corrected chi connectivity index (χ0v) is 13.0. The van der Waals surface area contributed by atoms with Crippen molar-refractivity contribution in [1.29, 1.82) is 0 Å². The molecule has 0 fully saturated rings. The van der Waals surface area contributed by atoms with Crippen molar-refractivity contribution >= 4 is 5.95 Å². The Bertz CT molecular complexity index is 817. The van der Waals surface area contributed by atoms with Crippen LogP contribution in [-0.2, 0) is 0 Å². The molecule has 5 heteroatoms. The minimum absolute atomic E-state index is 0.222.